The zero-order valence-corrected chi connectivity index (χ0v) is 13.8. The van der Waals surface area contributed by atoms with E-state index in [1.54, 1.807) is 0 Å². The van der Waals surface area contributed by atoms with E-state index in [0.717, 1.165) is 6.42 Å². The van der Waals surface area contributed by atoms with Gasteiger partial charge in [-0.1, -0.05) is 38.2 Å². The fraction of sp³-hybridized carbons (Fsp3) is 0.684. The highest BCUT2D eigenvalue weighted by Crippen LogP contribution is 2.62. The van der Waals surface area contributed by atoms with Gasteiger partial charge in [0.15, 0.2) is 5.78 Å². The fourth-order valence-electron chi connectivity index (χ4n) is 6.10. The molecule has 0 aliphatic heterocycles. The van der Waals surface area contributed by atoms with E-state index in [4.69, 9.17) is 4.74 Å². The second kappa shape index (κ2) is 4.79. The van der Waals surface area contributed by atoms with E-state index in [1.165, 1.54) is 7.11 Å². The zero-order chi connectivity index (χ0) is 16.5. The number of Topliss-reactive ketones (excluding diaryl/α,β-unsaturated/α-hetero) is 1. The van der Waals surface area contributed by atoms with Gasteiger partial charge in [0, 0.05) is 17.8 Å². The molecule has 0 spiro atoms. The number of fused-ring (bicyclic) bond motifs is 6. The lowest BCUT2D eigenvalue weighted by Crippen LogP contribution is -2.66. The molecule has 1 N–H and O–H groups in total. The topological polar surface area (TPSA) is 63.6 Å². The summed E-state index contributed by atoms with van der Waals surface area (Å²) in [6, 6.07) is 0. The van der Waals surface area contributed by atoms with Crippen LogP contribution < -0.4 is 0 Å². The second-order valence-electron chi connectivity index (χ2n) is 7.83. The molecule has 0 aromatic rings. The van der Waals surface area contributed by atoms with E-state index in [1.807, 2.05) is 26.0 Å². The van der Waals surface area contributed by atoms with E-state index >= 15 is 0 Å². The molecule has 4 aliphatic carbocycles. The van der Waals surface area contributed by atoms with Crippen molar-refractivity contribution in [3.63, 3.8) is 0 Å². The Kier molecular flexibility index (Phi) is 3.15. The van der Waals surface area contributed by atoms with Crippen molar-refractivity contribution in [2.45, 2.75) is 26.4 Å². The van der Waals surface area contributed by atoms with Crippen molar-refractivity contribution < 1.29 is 19.4 Å². The molecule has 2 bridgehead atoms. The molecule has 0 saturated heterocycles. The molecule has 0 aromatic carbocycles. The molecule has 2 saturated carbocycles. The summed E-state index contributed by atoms with van der Waals surface area (Å²) < 4.78 is 5.09. The summed E-state index contributed by atoms with van der Waals surface area (Å²) in [6.45, 7) is 3.89. The molecule has 4 aliphatic rings. The molecule has 0 heterocycles. The van der Waals surface area contributed by atoms with Gasteiger partial charge in [-0.05, 0) is 30.1 Å². The highest BCUT2D eigenvalue weighted by atomic mass is 16.5. The lowest BCUT2D eigenvalue weighted by Gasteiger charge is -2.55. The van der Waals surface area contributed by atoms with Crippen LogP contribution in [0.25, 0.3) is 0 Å². The van der Waals surface area contributed by atoms with Crippen molar-refractivity contribution in [1.82, 2.24) is 0 Å². The molecule has 0 amide bonds. The Balaban J connectivity index is 1.91. The number of methoxy groups -OCH3 is 1. The number of esters is 1. The van der Waals surface area contributed by atoms with Crippen molar-refractivity contribution in [2.24, 2.45) is 46.8 Å². The van der Waals surface area contributed by atoms with Gasteiger partial charge in [0.1, 0.15) is 5.41 Å². The molecule has 5 unspecified atom stereocenters. The lowest BCUT2D eigenvalue weighted by atomic mass is 9.47. The van der Waals surface area contributed by atoms with Crippen LogP contribution in [0.15, 0.2) is 24.3 Å². The predicted molar refractivity (Wildman–Crippen MR) is 84.1 cm³/mol. The Morgan fingerprint density at radius 3 is 2.61 bits per heavy atom. The molecule has 4 nitrogen and oxygen atoms in total. The van der Waals surface area contributed by atoms with E-state index in [2.05, 4.69) is 12.2 Å². The van der Waals surface area contributed by atoms with Crippen LogP contribution in [0, 0.1) is 46.8 Å². The molecule has 23 heavy (non-hydrogen) atoms. The summed E-state index contributed by atoms with van der Waals surface area (Å²) in [5.41, 5.74) is -1.23. The molecule has 124 valence electrons. The van der Waals surface area contributed by atoms with Crippen molar-refractivity contribution in [3.05, 3.63) is 24.3 Å². The number of ether oxygens (including phenoxy) is 1. The van der Waals surface area contributed by atoms with Gasteiger partial charge in [0.25, 0.3) is 0 Å². The van der Waals surface area contributed by atoms with Crippen LogP contribution in [0.2, 0.25) is 0 Å². The first-order valence-electron chi connectivity index (χ1n) is 8.62. The summed E-state index contributed by atoms with van der Waals surface area (Å²) in [5.74, 6) is -0.966. The highest BCUT2D eigenvalue weighted by Gasteiger charge is 2.70. The van der Waals surface area contributed by atoms with E-state index < -0.39 is 23.4 Å². The number of carbonyl (C=O) groups excluding carboxylic acids is 2. The predicted octanol–water partition coefficient (Wildman–Crippen LogP) is 1.99. The van der Waals surface area contributed by atoms with Gasteiger partial charge >= 0.3 is 5.97 Å². The van der Waals surface area contributed by atoms with Crippen molar-refractivity contribution >= 4 is 11.8 Å². The summed E-state index contributed by atoms with van der Waals surface area (Å²) in [7, 11) is 1.34. The number of aliphatic hydroxyl groups excluding tert-OH is 1. The maximum atomic E-state index is 13.6. The van der Waals surface area contributed by atoms with Crippen molar-refractivity contribution in [3.8, 4) is 0 Å². The Morgan fingerprint density at radius 1 is 1.22 bits per heavy atom. The van der Waals surface area contributed by atoms with Crippen LogP contribution in [-0.4, -0.2) is 30.1 Å². The minimum Gasteiger partial charge on any atom is -0.468 e. The van der Waals surface area contributed by atoms with Gasteiger partial charge in [0.2, 0.25) is 0 Å². The molecule has 4 heteroatoms. The van der Waals surface area contributed by atoms with Crippen LogP contribution in [0.5, 0.6) is 0 Å². The smallest absolute Gasteiger partial charge is 0.320 e. The number of ketones is 1. The minimum absolute atomic E-state index is 0.00481. The van der Waals surface area contributed by atoms with Gasteiger partial charge in [-0.2, -0.15) is 0 Å². The van der Waals surface area contributed by atoms with Gasteiger partial charge < -0.3 is 9.84 Å². The van der Waals surface area contributed by atoms with Crippen LogP contribution >= 0.6 is 0 Å². The Hall–Kier alpha value is -1.42. The standard InChI is InChI=1S/C19H24O4/c1-9-4-5-10(2)19(18(22)23-3)15(9)16(20)13-11-6-7-12(8-11)14(13)17(19)21/h4-7,9-16,20H,8H2,1-3H3/t9-,10+,11+,12-,13?,14?,15?,16?,19?/m0/s1. The van der Waals surface area contributed by atoms with Gasteiger partial charge in [-0.15, -0.1) is 0 Å². The normalized spacial score (nSPS) is 53.1. The highest BCUT2D eigenvalue weighted by molar-refractivity contribution is 6.07. The summed E-state index contributed by atoms with van der Waals surface area (Å²) in [6.07, 6.45) is 8.54. The fourth-order valence-corrected chi connectivity index (χ4v) is 6.10. The molecule has 2 fully saturated rings. The molecular formula is C19H24O4. The maximum absolute atomic E-state index is 13.6. The van der Waals surface area contributed by atoms with Crippen LogP contribution in [-0.2, 0) is 14.3 Å². The summed E-state index contributed by atoms with van der Waals surface area (Å²) in [4.78, 5) is 26.4. The zero-order valence-electron chi connectivity index (χ0n) is 13.8. The number of allylic oxidation sites excluding steroid dienone is 4. The van der Waals surface area contributed by atoms with Crippen LogP contribution in [0.4, 0.5) is 0 Å². The first-order valence-corrected chi connectivity index (χ1v) is 8.62. The molecular weight excluding hydrogens is 292 g/mol. The van der Waals surface area contributed by atoms with E-state index in [9.17, 15) is 14.7 Å². The summed E-state index contributed by atoms with van der Waals surface area (Å²) >= 11 is 0. The lowest BCUT2D eigenvalue weighted by molar-refractivity contribution is -0.188. The van der Waals surface area contributed by atoms with Crippen LogP contribution in [0.3, 0.4) is 0 Å². The Bertz CT molecular complexity index is 621. The van der Waals surface area contributed by atoms with Crippen molar-refractivity contribution in [1.29, 1.82) is 0 Å². The number of carbonyl (C=O) groups is 2. The largest absolute Gasteiger partial charge is 0.468 e. The Morgan fingerprint density at radius 2 is 1.91 bits per heavy atom. The number of rotatable bonds is 1. The first kappa shape index (κ1) is 15.1. The molecule has 9 atom stereocenters. The third-order valence-electron chi connectivity index (χ3n) is 7.03. The third kappa shape index (κ3) is 1.60. The third-order valence-corrected chi connectivity index (χ3v) is 7.03. The average Bonchev–Trinajstić information content (AvgIpc) is 3.15. The number of aliphatic hydroxyl groups is 1. The van der Waals surface area contributed by atoms with Crippen LogP contribution in [0.1, 0.15) is 20.3 Å². The number of hydrogen-bond donors (Lipinski definition) is 1. The van der Waals surface area contributed by atoms with Crippen molar-refractivity contribution in [2.75, 3.05) is 7.11 Å². The number of hydrogen-bond acceptors (Lipinski definition) is 4. The van der Waals surface area contributed by atoms with Gasteiger partial charge in [0.05, 0.1) is 13.2 Å². The quantitative estimate of drug-likeness (QED) is 0.456. The molecule has 4 rings (SSSR count). The molecule has 0 aromatic heterocycles. The van der Waals surface area contributed by atoms with Gasteiger partial charge in [-0.25, -0.2) is 0 Å². The summed E-state index contributed by atoms with van der Waals surface area (Å²) in [5, 5.41) is 11.2. The van der Waals surface area contributed by atoms with E-state index in [0.29, 0.717) is 0 Å². The van der Waals surface area contributed by atoms with E-state index in [-0.39, 0.29) is 41.3 Å². The Labute approximate surface area is 136 Å². The maximum Gasteiger partial charge on any atom is 0.320 e. The average molecular weight is 316 g/mol. The monoisotopic (exact) mass is 316 g/mol. The SMILES string of the molecule is COC(=O)C12C(=O)C3C(C(O)C1[C@@H](C)C=C[C@H]2C)[C@@H]1C=C[C@H]3C1. The molecule has 0 radical (unpaired) electrons. The first-order chi connectivity index (χ1) is 10.9. The second-order valence-corrected chi connectivity index (χ2v) is 7.83. The van der Waals surface area contributed by atoms with Gasteiger partial charge in [-0.3, -0.25) is 9.59 Å². The minimum atomic E-state index is -1.23.